The minimum Gasteiger partial charge on any atom is -0.323 e. The van der Waals surface area contributed by atoms with Crippen molar-refractivity contribution < 1.29 is 9.59 Å². The lowest BCUT2D eigenvalue weighted by molar-refractivity contribution is 0.101. The number of rotatable bonds is 3. The van der Waals surface area contributed by atoms with E-state index in [2.05, 4.69) is 28.2 Å². The number of aryl methyl sites for hydroxylation is 1. The molecule has 0 bridgehead atoms. The molecular weight excluding hydrogens is 388 g/mol. The minimum absolute atomic E-state index is 0.130. The van der Waals surface area contributed by atoms with Gasteiger partial charge in [-0.05, 0) is 61.4 Å². The van der Waals surface area contributed by atoms with E-state index in [0.29, 0.717) is 11.1 Å². The van der Waals surface area contributed by atoms with Crippen LogP contribution in [0.25, 0.3) is 0 Å². The largest absolute Gasteiger partial charge is 0.344 e. The predicted octanol–water partition coefficient (Wildman–Crippen LogP) is 4.00. The van der Waals surface area contributed by atoms with Gasteiger partial charge in [0.1, 0.15) is 5.69 Å². The summed E-state index contributed by atoms with van der Waals surface area (Å²) < 4.78 is 1.29. The first-order valence-electron chi connectivity index (χ1n) is 10.2. The van der Waals surface area contributed by atoms with Crippen LogP contribution in [0.1, 0.15) is 47.8 Å². The van der Waals surface area contributed by atoms with Crippen molar-refractivity contribution in [1.29, 1.82) is 0 Å². The van der Waals surface area contributed by atoms with E-state index < -0.39 is 0 Å². The highest BCUT2D eigenvalue weighted by Gasteiger charge is 2.41. The van der Waals surface area contributed by atoms with Crippen LogP contribution in [0.15, 0.2) is 30.5 Å². The van der Waals surface area contributed by atoms with Crippen LogP contribution >= 0.6 is 11.6 Å². The smallest absolute Gasteiger partial charge is 0.323 e. The first kappa shape index (κ1) is 20.1. The van der Waals surface area contributed by atoms with Gasteiger partial charge in [0.15, 0.2) is 5.78 Å². The molecule has 2 saturated heterocycles. The van der Waals surface area contributed by atoms with Gasteiger partial charge in [-0.15, -0.1) is 0 Å². The van der Waals surface area contributed by atoms with Crippen LogP contribution in [0.4, 0.5) is 4.79 Å². The zero-order valence-corrected chi connectivity index (χ0v) is 17.8. The number of carbonyl (C=O) groups excluding carboxylic acids is 2. The van der Waals surface area contributed by atoms with Gasteiger partial charge in [0.05, 0.1) is 0 Å². The quantitative estimate of drug-likeness (QED) is 0.712. The number of carbonyl (C=O) groups is 2. The molecule has 3 heterocycles. The topological polar surface area (TPSA) is 58.4 Å². The lowest BCUT2D eigenvalue weighted by Gasteiger charge is -2.39. The van der Waals surface area contributed by atoms with E-state index in [1.807, 2.05) is 11.8 Å². The molecule has 0 aliphatic carbocycles. The molecule has 154 valence electrons. The number of nitrogens with zero attached hydrogens (tertiary/aromatic N) is 4. The molecule has 0 atom stereocenters. The van der Waals surface area contributed by atoms with Crippen molar-refractivity contribution in [2.75, 3.05) is 26.2 Å². The first-order valence-corrected chi connectivity index (χ1v) is 10.6. The number of hydrogen-bond acceptors (Lipinski definition) is 4. The number of amides is 1. The van der Waals surface area contributed by atoms with Gasteiger partial charge in [-0.3, -0.25) is 9.69 Å². The zero-order valence-electron chi connectivity index (χ0n) is 17.0. The molecule has 2 aliphatic rings. The molecule has 7 heteroatoms. The molecule has 29 heavy (non-hydrogen) atoms. The number of benzene rings is 1. The number of Topliss-reactive ketones (excluding diaryl/α,β-unsaturated/α-hetero) is 1. The summed E-state index contributed by atoms with van der Waals surface area (Å²) in [5, 5.41) is 4.93. The lowest BCUT2D eigenvalue weighted by Crippen LogP contribution is -2.45. The molecule has 1 amide bonds. The number of aromatic nitrogens is 2. The van der Waals surface area contributed by atoms with Crippen LogP contribution in [0.5, 0.6) is 0 Å². The SMILES string of the molecule is CC(=O)c1ccn(C(=O)N2CCC3(CCN(Cc4ccc(C)c(Cl)c4)C3)CC2)n1. The van der Waals surface area contributed by atoms with Gasteiger partial charge in [0.25, 0.3) is 0 Å². The van der Waals surface area contributed by atoms with Gasteiger partial charge < -0.3 is 4.90 Å². The van der Waals surface area contributed by atoms with Gasteiger partial charge in [0, 0.05) is 44.3 Å². The van der Waals surface area contributed by atoms with Crippen LogP contribution in [0, 0.1) is 12.3 Å². The van der Waals surface area contributed by atoms with Crippen LogP contribution < -0.4 is 0 Å². The average molecular weight is 415 g/mol. The van der Waals surface area contributed by atoms with Crippen LogP contribution in [-0.2, 0) is 6.54 Å². The summed E-state index contributed by atoms with van der Waals surface area (Å²) in [6.45, 7) is 8.02. The highest BCUT2D eigenvalue weighted by atomic mass is 35.5. The van der Waals surface area contributed by atoms with Gasteiger partial charge in [-0.1, -0.05) is 23.7 Å². The van der Waals surface area contributed by atoms with E-state index >= 15 is 0 Å². The molecule has 1 aromatic carbocycles. The molecule has 1 spiro atoms. The van der Waals surface area contributed by atoms with Crippen LogP contribution in [0.3, 0.4) is 0 Å². The molecule has 2 aromatic rings. The second-order valence-electron chi connectivity index (χ2n) is 8.52. The molecule has 6 nitrogen and oxygen atoms in total. The first-order chi connectivity index (χ1) is 13.8. The lowest BCUT2D eigenvalue weighted by atomic mass is 9.78. The Bertz CT molecular complexity index is 931. The van der Waals surface area contributed by atoms with Crippen molar-refractivity contribution in [2.24, 2.45) is 5.41 Å². The fraction of sp³-hybridized carbons (Fsp3) is 0.500. The fourth-order valence-electron chi connectivity index (χ4n) is 4.50. The van der Waals surface area contributed by atoms with Gasteiger partial charge in [0.2, 0.25) is 0 Å². The third-order valence-corrected chi connectivity index (χ3v) is 6.81. The summed E-state index contributed by atoms with van der Waals surface area (Å²) in [5.74, 6) is -0.130. The zero-order chi connectivity index (χ0) is 20.6. The molecule has 2 fully saturated rings. The molecular formula is C22H27ClN4O2. The van der Waals surface area contributed by atoms with Crippen molar-refractivity contribution in [3.05, 3.63) is 52.3 Å². The average Bonchev–Trinajstić information content (AvgIpc) is 3.33. The molecule has 1 aromatic heterocycles. The Morgan fingerprint density at radius 2 is 1.86 bits per heavy atom. The van der Waals surface area contributed by atoms with E-state index in [4.69, 9.17) is 11.6 Å². The standard InChI is InChI=1S/C22H27ClN4O2/c1-16-3-4-18(13-19(16)23)14-25-10-6-22(15-25)7-11-26(12-8-22)21(29)27-9-5-20(24-27)17(2)28/h3-5,9,13H,6-8,10-12,14-15H2,1-2H3. The summed E-state index contributed by atoms with van der Waals surface area (Å²) in [4.78, 5) is 28.5. The number of halogens is 1. The Morgan fingerprint density at radius 3 is 2.52 bits per heavy atom. The van der Waals surface area contributed by atoms with E-state index in [-0.39, 0.29) is 11.8 Å². The van der Waals surface area contributed by atoms with Gasteiger partial charge in [-0.2, -0.15) is 9.78 Å². The summed E-state index contributed by atoms with van der Waals surface area (Å²) >= 11 is 6.27. The van der Waals surface area contributed by atoms with E-state index in [1.54, 1.807) is 12.3 Å². The number of hydrogen-bond donors (Lipinski definition) is 0. The third-order valence-electron chi connectivity index (χ3n) is 6.40. The Morgan fingerprint density at radius 1 is 1.14 bits per heavy atom. The Labute approximate surface area is 176 Å². The van der Waals surface area contributed by atoms with Crippen molar-refractivity contribution in [3.63, 3.8) is 0 Å². The summed E-state index contributed by atoms with van der Waals surface area (Å²) in [5.41, 5.74) is 2.98. The summed E-state index contributed by atoms with van der Waals surface area (Å²) in [6.07, 6.45) is 4.76. The Balaban J connectivity index is 1.33. The Kier molecular flexibility index (Phi) is 5.49. The molecule has 0 saturated carbocycles. The number of likely N-dealkylation sites (tertiary alicyclic amines) is 2. The molecule has 4 rings (SSSR count). The number of piperidine rings is 1. The van der Waals surface area contributed by atoms with E-state index in [1.165, 1.54) is 23.6 Å². The maximum absolute atomic E-state index is 12.7. The van der Waals surface area contributed by atoms with E-state index in [9.17, 15) is 9.59 Å². The molecule has 0 unspecified atom stereocenters. The highest BCUT2D eigenvalue weighted by molar-refractivity contribution is 6.31. The van der Waals surface area contributed by atoms with Crippen molar-refractivity contribution >= 4 is 23.4 Å². The summed E-state index contributed by atoms with van der Waals surface area (Å²) in [6, 6.07) is 7.77. The normalized spacial score (nSPS) is 19.1. The number of ketones is 1. The summed E-state index contributed by atoms with van der Waals surface area (Å²) in [7, 11) is 0. The molecule has 0 N–H and O–H groups in total. The third kappa shape index (κ3) is 4.23. The van der Waals surface area contributed by atoms with Crippen molar-refractivity contribution in [1.82, 2.24) is 19.6 Å². The molecule has 0 radical (unpaired) electrons. The van der Waals surface area contributed by atoms with Gasteiger partial charge in [-0.25, -0.2) is 4.79 Å². The maximum Gasteiger partial charge on any atom is 0.344 e. The van der Waals surface area contributed by atoms with E-state index in [0.717, 1.165) is 56.2 Å². The predicted molar refractivity (Wildman–Crippen MR) is 112 cm³/mol. The minimum atomic E-state index is -0.142. The van der Waals surface area contributed by atoms with Crippen LogP contribution in [0.2, 0.25) is 5.02 Å². The Hall–Kier alpha value is -2.18. The highest BCUT2D eigenvalue weighted by Crippen LogP contribution is 2.41. The van der Waals surface area contributed by atoms with Crippen LogP contribution in [-0.4, -0.2) is 57.6 Å². The fourth-order valence-corrected chi connectivity index (χ4v) is 4.70. The van der Waals surface area contributed by atoms with Crippen molar-refractivity contribution in [3.8, 4) is 0 Å². The monoisotopic (exact) mass is 414 g/mol. The molecule has 2 aliphatic heterocycles. The second kappa shape index (κ2) is 7.92. The second-order valence-corrected chi connectivity index (χ2v) is 8.92. The maximum atomic E-state index is 12.7. The van der Waals surface area contributed by atoms with Gasteiger partial charge >= 0.3 is 6.03 Å². The van der Waals surface area contributed by atoms with Crippen molar-refractivity contribution in [2.45, 2.75) is 39.7 Å².